The number of carbonyl (C=O) groups is 3. The fourth-order valence-electron chi connectivity index (χ4n) is 2.11. The Morgan fingerprint density at radius 3 is 2.67 bits per heavy atom. The topological polar surface area (TPSA) is 84.5 Å². The zero-order chi connectivity index (χ0) is 17.9. The highest BCUT2D eigenvalue weighted by Crippen LogP contribution is 2.23. The first-order valence-corrected chi connectivity index (χ1v) is 8.27. The van der Waals surface area contributed by atoms with Crippen molar-refractivity contribution in [2.75, 3.05) is 0 Å². The summed E-state index contributed by atoms with van der Waals surface area (Å²) in [4.78, 5) is 34.4. The van der Waals surface area contributed by atoms with E-state index in [0.29, 0.717) is 12.0 Å². The Balaban J connectivity index is 1.99. The average molecular weight is 354 g/mol. The molecule has 1 unspecified atom stereocenters. The number of nitrogens with one attached hydrogen (secondary N) is 2. The smallest absolute Gasteiger partial charge is 0.407 e. The first kappa shape index (κ1) is 18.3. The molecule has 1 aliphatic heterocycles. The molecule has 0 saturated carbocycles. The molecule has 1 saturated heterocycles. The Labute approximate surface area is 143 Å². The van der Waals surface area contributed by atoms with Crippen LogP contribution < -0.4 is 10.6 Å². The lowest BCUT2D eigenvalue weighted by Crippen LogP contribution is -2.32. The minimum atomic E-state index is -0.636. The van der Waals surface area contributed by atoms with Gasteiger partial charge in [0.2, 0.25) is 5.91 Å². The predicted octanol–water partition coefficient (Wildman–Crippen LogP) is 2.74. The number of benzene rings is 1. The Bertz CT molecular complexity index is 673. The Kier molecular flexibility index (Phi) is 5.48. The zero-order valence-corrected chi connectivity index (χ0v) is 14.5. The quantitative estimate of drug-likeness (QED) is 0.868. The molecule has 0 aromatic heterocycles. The number of thioether (sulfide) groups is 1. The number of hydrogen-bond donors (Lipinski definition) is 2. The molecule has 130 valence electrons. The summed E-state index contributed by atoms with van der Waals surface area (Å²) in [6.07, 6.45) is -0.328. The van der Waals surface area contributed by atoms with E-state index in [1.54, 1.807) is 32.9 Å². The summed E-state index contributed by atoms with van der Waals surface area (Å²) in [7, 11) is 0. The number of rotatable bonds is 4. The molecule has 3 amide bonds. The van der Waals surface area contributed by atoms with Gasteiger partial charge in [-0.25, -0.2) is 9.18 Å². The van der Waals surface area contributed by atoms with Crippen LogP contribution >= 0.6 is 11.8 Å². The minimum absolute atomic E-state index is 0.0302. The van der Waals surface area contributed by atoms with Crippen molar-refractivity contribution in [2.45, 2.75) is 44.6 Å². The van der Waals surface area contributed by atoms with Gasteiger partial charge in [-0.2, -0.15) is 0 Å². The molecule has 24 heavy (non-hydrogen) atoms. The Morgan fingerprint density at radius 1 is 1.38 bits per heavy atom. The highest BCUT2D eigenvalue weighted by Gasteiger charge is 2.31. The van der Waals surface area contributed by atoms with Gasteiger partial charge in [0, 0.05) is 12.1 Å². The van der Waals surface area contributed by atoms with Crippen LogP contribution in [0.5, 0.6) is 0 Å². The van der Waals surface area contributed by atoms with Gasteiger partial charge in [-0.1, -0.05) is 23.9 Å². The van der Waals surface area contributed by atoms with Gasteiger partial charge in [0.15, 0.2) is 0 Å². The van der Waals surface area contributed by atoms with Gasteiger partial charge < -0.3 is 10.1 Å². The van der Waals surface area contributed by atoms with E-state index in [-0.39, 0.29) is 23.3 Å². The summed E-state index contributed by atoms with van der Waals surface area (Å²) in [6.45, 7) is 5.18. The standard InChI is InChI=1S/C16H19FN2O4S/c1-16(2,3)23-14(21)18-8-10-6-9(4-5-11(10)17)7-12-13(20)19-15(22)24-12/h4-6,12H,7-8H2,1-3H3,(H,18,21)(H,19,20,22). The highest BCUT2D eigenvalue weighted by atomic mass is 32.2. The monoisotopic (exact) mass is 354 g/mol. The van der Waals surface area contributed by atoms with Crippen molar-refractivity contribution in [1.29, 1.82) is 0 Å². The van der Waals surface area contributed by atoms with E-state index < -0.39 is 22.8 Å². The highest BCUT2D eigenvalue weighted by molar-refractivity contribution is 8.15. The first-order valence-electron chi connectivity index (χ1n) is 7.40. The Morgan fingerprint density at radius 2 is 2.08 bits per heavy atom. The number of ether oxygens (including phenoxy) is 1. The molecule has 6 nitrogen and oxygen atoms in total. The van der Waals surface area contributed by atoms with E-state index in [4.69, 9.17) is 4.74 Å². The van der Waals surface area contributed by atoms with Crippen LogP contribution in [0.4, 0.5) is 14.0 Å². The first-order chi connectivity index (χ1) is 11.1. The molecular weight excluding hydrogens is 335 g/mol. The molecule has 1 fully saturated rings. The molecule has 1 aromatic carbocycles. The molecule has 1 aliphatic rings. The van der Waals surface area contributed by atoms with Crippen LogP contribution in [0.25, 0.3) is 0 Å². The van der Waals surface area contributed by atoms with Crippen molar-refractivity contribution in [3.8, 4) is 0 Å². The molecular formula is C16H19FN2O4S. The van der Waals surface area contributed by atoms with Gasteiger partial charge in [-0.05, 0) is 38.8 Å². The molecule has 0 bridgehead atoms. The summed E-state index contributed by atoms with van der Waals surface area (Å²) < 4.78 is 19.0. The molecule has 0 radical (unpaired) electrons. The maximum Gasteiger partial charge on any atom is 0.407 e. The largest absolute Gasteiger partial charge is 0.444 e. The van der Waals surface area contributed by atoms with Crippen LogP contribution in [0.3, 0.4) is 0 Å². The van der Waals surface area contributed by atoms with Gasteiger partial charge in [-0.3, -0.25) is 14.9 Å². The summed E-state index contributed by atoms with van der Waals surface area (Å²) >= 11 is 0.920. The molecule has 2 N–H and O–H groups in total. The van der Waals surface area contributed by atoms with Gasteiger partial charge >= 0.3 is 6.09 Å². The number of alkyl carbamates (subject to hydrolysis) is 1. The normalized spacial score (nSPS) is 17.6. The summed E-state index contributed by atoms with van der Waals surface area (Å²) in [5, 5.41) is 3.81. The van der Waals surface area contributed by atoms with Gasteiger partial charge in [0.1, 0.15) is 11.4 Å². The lowest BCUT2D eigenvalue weighted by Gasteiger charge is -2.19. The molecule has 0 spiro atoms. The van der Waals surface area contributed by atoms with E-state index in [1.165, 1.54) is 6.07 Å². The third-order valence-electron chi connectivity index (χ3n) is 3.12. The van der Waals surface area contributed by atoms with E-state index in [0.717, 1.165) is 11.8 Å². The van der Waals surface area contributed by atoms with Crippen molar-refractivity contribution in [3.63, 3.8) is 0 Å². The zero-order valence-electron chi connectivity index (χ0n) is 13.6. The number of amides is 3. The van der Waals surface area contributed by atoms with E-state index in [1.807, 2.05) is 0 Å². The fourth-order valence-corrected chi connectivity index (χ4v) is 2.97. The molecule has 1 aromatic rings. The van der Waals surface area contributed by atoms with Crippen LogP contribution in [-0.2, 0) is 22.5 Å². The predicted molar refractivity (Wildman–Crippen MR) is 88.1 cm³/mol. The second kappa shape index (κ2) is 7.21. The molecule has 1 heterocycles. The van der Waals surface area contributed by atoms with Crippen LogP contribution in [-0.4, -0.2) is 28.1 Å². The second-order valence-electron chi connectivity index (χ2n) is 6.37. The summed E-state index contributed by atoms with van der Waals surface area (Å²) in [5.41, 5.74) is 0.359. The van der Waals surface area contributed by atoms with Gasteiger partial charge in [0.25, 0.3) is 5.24 Å². The SMILES string of the molecule is CC(C)(C)OC(=O)NCc1cc(CC2SC(=O)NC2=O)ccc1F. The minimum Gasteiger partial charge on any atom is -0.444 e. The summed E-state index contributed by atoms with van der Waals surface area (Å²) in [6, 6.07) is 4.41. The van der Waals surface area contributed by atoms with Crippen LogP contribution in [0, 0.1) is 5.82 Å². The number of carbonyl (C=O) groups excluding carboxylic acids is 3. The van der Waals surface area contributed by atoms with Crippen molar-refractivity contribution in [1.82, 2.24) is 10.6 Å². The number of halogens is 1. The molecule has 0 aliphatic carbocycles. The van der Waals surface area contributed by atoms with Crippen molar-refractivity contribution in [2.24, 2.45) is 0 Å². The number of imide groups is 1. The fraction of sp³-hybridized carbons (Fsp3) is 0.438. The lowest BCUT2D eigenvalue weighted by atomic mass is 10.1. The van der Waals surface area contributed by atoms with Gasteiger partial charge in [-0.15, -0.1) is 0 Å². The molecule has 1 atom stereocenters. The lowest BCUT2D eigenvalue weighted by molar-refractivity contribution is -0.118. The van der Waals surface area contributed by atoms with Crippen molar-refractivity contribution < 1.29 is 23.5 Å². The molecule has 8 heteroatoms. The van der Waals surface area contributed by atoms with Crippen LogP contribution in [0.15, 0.2) is 18.2 Å². The van der Waals surface area contributed by atoms with Gasteiger partial charge in [0.05, 0.1) is 5.25 Å². The molecule has 2 rings (SSSR count). The van der Waals surface area contributed by atoms with Crippen molar-refractivity contribution >= 4 is 29.0 Å². The maximum absolute atomic E-state index is 13.9. The average Bonchev–Trinajstić information content (AvgIpc) is 2.75. The summed E-state index contributed by atoms with van der Waals surface area (Å²) in [5.74, 6) is -0.808. The maximum atomic E-state index is 13.9. The van der Waals surface area contributed by atoms with Crippen molar-refractivity contribution in [3.05, 3.63) is 35.1 Å². The van der Waals surface area contributed by atoms with E-state index in [9.17, 15) is 18.8 Å². The third-order valence-corrected chi connectivity index (χ3v) is 4.10. The Hall–Kier alpha value is -2.09. The third kappa shape index (κ3) is 5.23. The number of hydrogen-bond acceptors (Lipinski definition) is 5. The van der Waals surface area contributed by atoms with E-state index >= 15 is 0 Å². The van der Waals surface area contributed by atoms with Crippen LogP contribution in [0.1, 0.15) is 31.9 Å². The van der Waals surface area contributed by atoms with E-state index in [2.05, 4.69) is 10.6 Å². The van der Waals surface area contributed by atoms with Crippen LogP contribution in [0.2, 0.25) is 0 Å². The second-order valence-corrected chi connectivity index (χ2v) is 7.54.